The summed E-state index contributed by atoms with van der Waals surface area (Å²) >= 11 is 0. The van der Waals surface area contributed by atoms with Gasteiger partial charge in [-0.05, 0) is 89.0 Å². The second kappa shape index (κ2) is 16.3. The lowest BCUT2D eigenvalue weighted by Crippen LogP contribution is -2.06. The Kier molecular flexibility index (Phi) is 9.51. The monoisotopic (exact) mass is 865 g/mol. The second-order valence-corrected chi connectivity index (χ2v) is 16.7. The average molecular weight is 866 g/mol. The summed E-state index contributed by atoms with van der Waals surface area (Å²) in [5.41, 5.74) is 15.1. The third-order valence-corrected chi connectivity index (χ3v) is 12.8. The smallest absolute Gasteiger partial charge is 0.187 e. The first-order valence-corrected chi connectivity index (χ1v) is 22.2. The molecule has 3 heterocycles. The molecule has 9 aromatic carbocycles. The fourth-order valence-electron chi connectivity index (χ4n) is 9.59. The van der Waals surface area contributed by atoms with Gasteiger partial charge < -0.3 is 9.13 Å². The second-order valence-electron chi connectivity index (χ2n) is 16.7. The van der Waals surface area contributed by atoms with E-state index in [2.05, 4.69) is 129 Å². The summed E-state index contributed by atoms with van der Waals surface area (Å²) in [6.07, 6.45) is 0. The highest BCUT2D eigenvalue weighted by Crippen LogP contribution is 2.42. The third-order valence-electron chi connectivity index (χ3n) is 12.8. The molecule has 12 rings (SSSR count). The zero-order valence-corrected chi connectivity index (χ0v) is 36.3. The summed E-state index contributed by atoms with van der Waals surface area (Å²) < 4.78 is 4.41. The molecule has 3 aromatic heterocycles. The third kappa shape index (κ3) is 6.65. The van der Waals surface area contributed by atoms with E-state index < -0.39 is 0 Å². The van der Waals surface area contributed by atoms with Gasteiger partial charge >= 0.3 is 0 Å². The minimum atomic E-state index is 0.483. The predicted octanol–water partition coefficient (Wildman–Crippen LogP) is 15.3. The van der Waals surface area contributed by atoms with Gasteiger partial charge in [0.25, 0.3) is 0 Å². The molecule has 0 radical (unpaired) electrons. The number of fused-ring (bicyclic) bond motifs is 6. The Bertz CT molecular complexity index is 3830. The van der Waals surface area contributed by atoms with E-state index in [0.717, 1.165) is 93.9 Å². The van der Waals surface area contributed by atoms with Crippen LogP contribution in [0.3, 0.4) is 0 Å². The van der Waals surface area contributed by atoms with Crippen LogP contribution in [0.15, 0.2) is 212 Å². The van der Waals surface area contributed by atoms with Crippen molar-refractivity contribution in [2.24, 2.45) is 0 Å². The van der Waals surface area contributed by atoms with Crippen molar-refractivity contribution in [2.75, 3.05) is 0 Å². The summed E-state index contributed by atoms with van der Waals surface area (Å²) in [6, 6.07) is 76.3. The van der Waals surface area contributed by atoms with Gasteiger partial charge in [-0.3, -0.25) is 0 Å². The SMILES string of the molecule is [C-]#[N+]c1ccc(-c2ccc3c(c2)c2ccccc2n3-c2cc(-c3nc(-c4ccccc4)cc(-c4ccccc4)n3)cc(-n3c4ccccc4c4cc(-c5ccc(C#N)cc5)ccc43)c2C#N)cc1. The average Bonchev–Trinajstić information content (AvgIpc) is 3.93. The summed E-state index contributed by atoms with van der Waals surface area (Å²) in [5, 5.41) is 25.3. The molecule has 0 aliphatic rings. The fourth-order valence-corrected chi connectivity index (χ4v) is 9.59. The maximum atomic E-state index is 11.7. The van der Waals surface area contributed by atoms with E-state index in [0.29, 0.717) is 34.0 Å². The number of nitrogens with zero attached hydrogens (tertiary/aromatic N) is 7. The molecular weight excluding hydrogens is 831 g/mol. The van der Waals surface area contributed by atoms with Crippen molar-refractivity contribution in [2.45, 2.75) is 0 Å². The zero-order valence-electron chi connectivity index (χ0n) is 36.3. The molecule has 0 aliphatic carbocycles. The topological polar surface area (TPSA) is 87.6 Å². The zero-order chi connectivity index (χ0) is 45.7. The van der Waals surface area contributed by atoms with Crippen LogP contribution in [0, 0.1) is 29.2 Å². The maximum Gasteiger partial charge on any atom is 0.187 e. The lowest BCUT2D eigenvalue weighted by Gasteiger charge is -2.18. The van der Waals surface area contributed by atoms with Crippen molar-refractivity contribution >= 4 is 49.3 Å². The Labute approximate surface area is 391 Å². The Morgan fingerprint density at radius 3 is 1.29 bits per heavy atom. The maximum absolute atomic E-state index is 11.7. The van der Waals surface area contributed by atoms with Crippen molar-refractivity contribution in [3.8, 4) is 79.7 Å². The van der Waals surface area contributed by atoms with Gasteiger partial charge in [0, 0.05) is 38.2 Å². The van der Waals surface area contributed by atoms with Crippen LogP contribution in [0.1, 0.15) is 11.1 Å². The molecule has 0 bridgehead atoms. The molecule has 12 aromatic rings. The molecule has 0 spiro atoms. The van der Waals surface area contributed by atoms with Crippen LogP contribution in [-0.4, -0.2) is 19.1 Å². The predicted molar refractivity (Wildman–Crippen MR) is 274 cm³/mol. The number of benzene rings is 9. The first-order valence-electron chi connectivity index (χ1n) is 22.2. The molecular formula is C61H35N7. The largest absolute Gasteiger partial charge is 0.308 e. The highest BCUT2D eigenvalue weighted by Gasteiger charge is 2.24. The van der Waals surface area contributed by atoms with E-state index in [1.54, 1.807) is 0 Å². The van der Waals surface area contributed by atoms with E-state index in [-0.39, 0.29) is 0 Å². The quantitative estimate of drug-likeness (QED) is 0.149. The molecule has 0 N–H and O–H groups in total. The Hall–Kier alpha value is -9.87. The first-order chi connectivity index (χ1) is 33.6. The Morgan fingerprint density at radius 1 is 0.382 bits per heavy atom. The van der Waals surface area contributed by atoms with Crippen LogP contribution in [0.25, 0.3) is 116 Å². The Balaban J connectivity index is 1.17. The molecule has 0 fully saturated rings. The first kappa shape index (κ1) is 39.7. The van der Waals surface area contributed by atoms with Gasteiger partial charge in [0.15, 0.2) is 11.5 Å². The number of rotatable bonds is 7. The van der Waals surface area contributed by atoms with Gasteiger partial charge in [0.05, 0.1) is 63.0 Å². The summed E-state index contributed by atoms with van der Waals surface area (Å²) in [7, 11) is 0. The molecule has 0 saturated heterocycles. The molecule has 68 heavy (non-hydrogen) atoms. The lowest BCUT2D eigenvalue weighted by molar-refractivity contribution is 1.11. The molecule has 314 valence electrons. The van der Waals surface area contributed by atoms with Gasteiger partial charge in [-0.25, -0.2) is 14.8 Å². The van der Waals surface area contributed by atoms with Crippen molar-refractivity contribution in [3.05, 3.63) is 235 Å². The van der Waals surface area contributed by atoms with Crippen LogP contribution in [0.5, 0.6) is 0 Å². The summed E-state index contributed by atoms with van der Waals surface area (Å²) in [5.74, 6) is 0.520. The van der Waals surface area contributed by atoms with E-state index in [1.807, 2.05) is 109 Å². The van der Waals surface area contributed by atoms with Gasteiger partial charge in [0.1, 0.15) is 11.6 Å². The number of hydrogen-bond donors (Lipinski definition) is 0. The Morgan fingerprint density at radius 2 is 0.824 bits per heavy atom. The molecule has 7 nitrogen and oxygen atoms in total. The van der Waals surface area contributed by atoms with Crippen LogP contribution < -0.4 is 0 Å². The minimum absolute atomic E-state index is 0.483. The van der Waals surface area contributed by atoms with Crippen molar-refractivity contribution in [1.82, 2.24) is 19.1 Å². The lowest BCUT2D eigenvalue weighted by atomic mass is 10.0. The van der Waals surface area contributed by atoms with E-state index in [1.165, 1.54) is 0 Å². The van der Waals surface area contributed by atoms with E-state index in [9.17, 15) is 10.5 Å². The number of nitriles is 2. The standard InChI is InChI=1S/C61H35N7/c1-64-47-28-24-41(25-29-47)45-27-31-58-51(33-45)49-17-9-11-19-56(49)68(58)60-35-46(61-65-53(42-12-4-2-5-13-42)36-54(66-61)43-14-6-3-7-15-43)34-59(52(60)38-63)67-55-18-10-8-16-48(55)50-32-44(26-30-57(50)67)40-22-20-39(37-62)21-23-40/h2-36H. The number of hydrogen-bond acceptors (Lipinski definition) is 4. The molecule has 0 atom stereocenters. The van der Waals surface area contributed by atoms with Gasteiger partial charge in [0.2, 0.25) is 0 Å². The molecule has 0 amide bonds. The van der Waals surface area contributed by atoms with Gasteiger partial charge in [-0.1, -0.05) is 146 Å². The van der Waals surface area contributed by atoms with Crippen LogP contribution in [0.4, 0.5) is 5.69 Å². The van der Waals surface area contributed by atoms with Crippen LogP contribution in [0.2, 0.25) is 0 Å². The highest BCUT2D eigenvalue weighted by molar-refractivity contribution is 6.12. The van der Waals surface area contributed by atoms with Crippen molar-refractivity contribution < 1.29 is 0 Å². The van der Waals surface area contributed by atoms with Crippen molar-refractivity contribution in [3.63, 3.8) is 0 Å². The molecule has 0 aliphatic heterocycles. The summed E-state index contributed by atoms with van der Waals surface area (Å²) in [6.45, 7) is 7.48. The van der Waals surface area contributed by atoms with Crippen molar-refractivity contribution in [1.29, 1.82) is 10.5 Å². The number of aromatic nitrogens is 4. The van der Waals surface area contributed by atoms with E-state index in [4.69, 9.17) is 16.5 Å². The highest BCUT2D eigenvalue weighted by atomic mass is 15.0. The number of para-hydroxylation sites is 2. The normalized spacial score (nSPS) is 11.2. The minimum Gasteiger partial charge on any atom is -0.308 e. The van der Waals surface area contributed by atoms with Crippen LogP contribution in [-0.2, 0) is 0 Å². The van der Waals surface area contributed by atoms with Gasteiger partial charge in [-0.2, -0.15) is 10.5 Å². The fraction of sp³-hybridized carbons (Fsp3) is 0. The summed E-state index contributed by atoms with van der Waals surface area (Å²) in [4.78, 5) is 14.2. The molecule has 7 heteroatoms. The molecule has 0 saturated carbocycles. The van der Waals surface area contributed by atoms with E-state index >= 15 is 0 Å². The van der Waals surface area contributed by atoms with Crippen LogP contribution >= 0.6 is 0 Å². The molecule has 0 unspecified atom stereocenters. The van der Waals surface area contributed by atoms with Gasteiger partial charge in [-0.15, -0.1) is 0 Å².